The van der Waals surface area contributed by atoms with Crippen molar-refractivity contribution in [3.05, 3.63) is 65.7 Å². The number of benzene rings is 2. The first-order valence-corrected chi connectivity index (χ1v) is 9.81. The summed E-state index contributed by atoms with van der Waals surface area (Å²) < 4.78 is 5.38. The molecule has 28 heavy (non-hydrogen) atoms. The van der Waals surface area contributed by atoms with E-state index < -0.39 is 0 Å². The normalized spacial score (nSPS) is 15.2. The Morgan fingerprint density at radius 3 is 2.46 bits per heavy atom. The van der Waals surface area contributed by atoms with Crippen LogP contribution in [-0.4, -0.2) is 56.2 Å². The maximum atomic E-state index is 12.6. The van der Waals surface area contributed by atoms with Crippen LogP contribution in [0.1, 0.15) is 22.8 Å². The monoisotopic (exact) mass is 380 g/mol. The molecule has 1 saturated heterocycles. The second-order valence-corrected chi connectivity index (χ2v) is 6.68. The molecule has 0 unspecified atom stereocenters. The fourth-order valence-corrected chi connectivity index (χ4v) is 2.97. The molecule has 3 rings (SSSR count). The van der Waals surface area contributed by atoms with Gasteiger partial charge in [0.25, 0.3) is 5.91 Å². The molecule has 0 aromatic heterocycles. The minimum Gasteiger partial charge on any atom is -0.379 e. The number of ether oxygens (including phenoxy) is 1. The summed E-state index contributed by atoms with van der Waals surface area (Å²) in [6.45, 7) is 6.95. The van der Waals surface area contributed by atoms with Crippen LogP contribution in [0.4, 0.5) is 5.69 Å². The summed E-state index contributed by atoms with van der Waals surface area (Å²) in [6.07, 6.45) is 0.992. The van der Waals surface area contributed by atoms with E-state index in [1.807, 2.05) is 30.3 Å². The summed E-state index contributed by atoms with van der Waals surface area (Å²) in [7, 11) is 0. The standard InChI is InChI=1S/C22H28N4O2/c1-2-18-8-10-20(11-9-18)24-22(23-12-13-26-14-16-28-17-15-26)25-21(27)19-6-4-3-5-7-19/h3-11H,2,12-17H2,1H3,(H2,23,24,25,27). The summed E-state index contributed by atoms with van der Waals surface area (Å²) in [5, 5.41) is 6.15. The highest BCUT2D eigenvalue weighted by molar-refractivity contribution is 6.09. The van der Waals surface area contributed by atoms with Crippen LogP contribution in [0.3, 0.4) is 0 Å². The second kappa shape index (κ2) is 10.6. The third-order valence-corrected chi connectivity index (χ3v) is 4.68. The summed E-state index contributed by atoms with van der Waals surface area (Å²) in [5.74, 6) is 0.287. The summed E-state index contributed by atoms with van der Waals surface area (Å²) >= 11 is 0. The highest BCUT2D eigenvalue weighted by Gasteiger charge is 2.11. The van der Waals surface area contributed by atoms with Gasteiger partial charge in [-0.15, -0.1) is 0 Å². The first-order valence-electron chi connectivity index (χ1n) is 9.81. The highest BCUT2D eigenvalue weighted by atomic mass is 16.5. The topological polar surface area (TPSA) is 66.0 Å². The lowest BCUT2D eigenvalue weighted by atomic mass is 10.1. The van der Waals surface area contributed by atoms with E-state index in [1.165, 1.54) is 5.56 Å². The molecule has 0 atom stereocenters. The van der Waals surface area contributed by atoms with Crippen molar-refractivity contribution in [1.82, 2.24) is 10.2 Å². The number of hydrogen-bond donors (Lipinski definition) is 2. The van der Waals surface area contributed by atoms with Gasteiger partial charge in [0.15, 0.2) is 0 Å². The Balaban J connectivity index is 1.66. The number of carbonyl (C=O) groups excluding carboxylic acids is 1. The van der Waals surface area contributed by atoms with Crippen LogP contribution in [-0.2, 0) is 11.2 Å². The average molecular weight is 380 g/mol. The lowest BCUT2D eigenvalue weighted by Gasteiger charge is -2.25. The number of aliphatic imine (C=N–C) groups is 1. The summed E-state index contributed by atoms with van der Waals surface area (Å²) in [5.41, 5.74) is 2.77. The summed E-state index contributed by atoms with van der Waals surface area (Å²) in [6, 6.07) is 17.3. The molecule has 2 N–H and O–H groups in total. The molecule has 6 nitrogen and oxygen atoms in total. The van der Waals surface area contributed by atoms with Gasteiger partial charge in [0.1, 0.15) is 0 Å². The molecule has 2 aromatic carbocycles. The van der Waals surface area contributed by atoms with Crippen molar-refractivity contribution in [3.63, 3.8) is 0 Å². The van der Waals surface area contributed by atoms with E-state index in [9.17, 15) is 4.79 Å². The van der Waals surface area contributed by atoms with Gasteiger partial charge in [-0.3, -0.25) is 20.0 Å². The Labute approximate surface area is 166 Å². The minimum absolute atomic E-state index is 0.177. The van der Waals surface area contributed by atoms with Crippen LogP contribution in [0.25, 0.3) is 0 Å². The van der Waals surface area contributed by atoms with Gasteiger partial charge >= 0.3 is 0 Å². The van der Waals surface area contributed by atoms with Crippen molar-refractivity contribution in [3.8, 4) is 0 Å². The number of anilines is 1. The molecule has 0 radical (unpaired) electrons. The number of rotatable bonds is 6. The Kier molecular flexibility index (Phi) is 7.58. The van der Waals surface area contributed by atoms with E-state index >= 15 is 0 Å². The molecule has 0 aliphatic carbocycles. The molecule has 6 heteroatoms. The van der Waals surface area contributed by atoms with Crippen molar-refractivity contribution in [2.24, 2.45) is 4.99 Å². The van der Waals surface area contributed by atoms with Crippen molar-refractivity contribution >= 4 is 17.6 Å². The highest BCUT2D eigenvalue weighted by Crippen LogP contribution is 2.10. The number of guanidine groups is 1. The fourth-order valence-electron chi connectivity index (χ4n) is 2.97. The van der Waals surface area contributed by atoms with Crippen LogP contribution in [0.5, 0.6) is 0 Å². The van der Waals surface area contributed by atoms with Crippen LogP contribution in [0.15, 0.2) is 59.6 Å². The van der Waals surface area contributed by atoms with E-state index in [0.717, 1.165) is 45.0 Å². The molecule has 1 aliphatic rings. The van der Waals surface area contributed by atoms with Gasteiger partial charge in [0, 0.05) is 30.9 Å². The minimum atomic E-state index is -0.177. The quantitative estimate of drug-likeness (QED) is 0.597. The molecule has 1 aliphatic heterocycles. The maximum Gasteiger partial charge on any atom is 0.257 e. The second-order valence-electron chi connectivity index (χ2n) is 6.68. The number of amides is 1. The zero-order chi connectivity index (χ0) is 19.6. The van der Waals surface area contributed by atoms with Gasteiger partial charge in [-0.25, -0.2) is 0 Å². The molecule has 2 aromatic rings. The number of nitrogens with zero attached hydrogens (tertiary/aromatic N) is 2. The predicted molar refractivity (Wildman–Crippen MR) is 113 cm³/mol. The fraction of sp³-hybridized carbons (Fsp3) is 0.364. The lowest BCUT2D eigenvalue weighted by molar-refractivity contribution is 0.0394. The van der Waals surface area contributed by atoms with Gasteiger partial charge in [0.05, 0.1) is 19.8 Å². The Morgan fingerprint density at radius 1 is 1.07 bits per heavy atom. The van der Waals surface area contributed by atoms with Crippen molar-refractivity contribution in [1.29, 1.82) is 0 Å². The number of aryl methyl sites for hydroxylation is 1. The third kappa shape index (κ3) is 6.18. The van der Waals surface area contributed by atoms with Gasteiger partial charge in [-0.2, -0.15) is 0 Å². The van der Waals surface area contributed by atoms with Gasteiger partial charge in [-0.05, 0) is 36.2 Å². The average Bonchev–Trinajstić information content (AvgIpc) is 2.75. The van der Waals surface area contributed by atoms with E-state index in [4.69, 9.17) is 4.74 Å². The molecule has 0 spiro atoms. The molecule has 0 saturated carbocycles. The lowest BCUT2D eigenvalue weighted by Crippen LogP contribution is -2.39. The first kappa shape index (κ1) is 20.0. The Bertz CT molecular complexity index is 769. The molecule has 148 valence electrons. The van der Waals surface area contributed by atoms with E-state index in [1.54, 1.807) is 12.1 Å². The largest absolute Gasteiger partial charge is 0.379 e. The van der Waals surface area contributed by atoms with E-state index in [0.29, 0.717) is 18.1 Å². The van der Waals surface area contributed by atoms with E-state index in [-0.39, 0.29) is 5.91 Å². The first-order chi connectivity index (χ1) is 13.7. The Hall–Kier alpha value is -2.70. The molecule has 1 fully saturated rings. The molecular weight excluding hydrogens is 352 g/mol. The summed E-state index contributed by atoms with van der Waals surface area (Å²) in [4.78, 5) is 19.5. The van der Waals surface area contributed by atoms with Crippen molar-refractivity contribution in [2.75, 3.05) is 44.7 Å². The molecule has 1 heterocycles. The zero-order valence-electron chi connectivity index (χ0n) is 16.4. The van der Waals surface area contributed by atoms with Gasteiger partial charge in [-0.1, -0.05) is 37.3 Å². The smallest absolute Gasteiger partial charge is 0.257 e. The van der Waals surface area contributed by atoms with E-state index in [2.05, 4.69) is 39.6 Å². The van der Waals surface area contributed by atoms with Gasteiger partial charge in [0.2, 0.25) is 5.96 Å². The maximum absolute atomic E-state index is 12.6. The predicted octanol–water partition coefficient (Wildman–Crippen LogP) is 2.78. The number of hydrogen-bond acceptors (Lipinski definition) is 4. The Morgan fingerprint density at radius 2 is 1.79 bits per heavy atom. The van der Waals surface area contributed by atoms with Crippen LogP contribution in [0, 0.1) is 0 Å². The number of carbonyl (C=O) groups is 1. The van der Waals surface area contributed by atoms with Gasteiger partial charge < -0.3 is 10.1 Å². The zero-order valence-corrected chi connectivity index (χ0v) is 16.4. The molecular formula is C22H28N4O2. The molecule has 1 amide bonds. The van der Waals surface area contributed by atoms with Crippen molar-refractivity contribution in [2.45, 2.75) is 13.3 Å². The molecule has 0 bridgehead atoms. The van der Waals surface area contributed by atoms with Crippen LogP contribution < -0.4 is 10.6 Å². The van der Waals surface area contributed by atoms with Crippen LogP contribution in [0.2, 0.25) is 0 Å². The number of morpholine rings is 1. The SMILES string of the molecule is CCc1ccc(NC(=NCCN2CCOCC2)NC(=O)c2ccccc2)cc1. The van der Waals surface area contributed by atoms with Crippen LogP contribution >= 0.6 is 0 Å². The number of nitrogens with one attached hydrogen (secondary N) is 2. The third-order valence-electron chi connectivity index (χ3n) is 4.68. The van der Waals surface area contributed by atoms with Crippen molar-refractivity contribution < 1.29 is 9.53 Å².